The SMILES string of the molecule is Cc1ccccc1NC(=O)/C=C\c1cccc(N2C(=O)[C@H]3[C@H](C2=O)[C@H]2C=C[C@H]3C2)c1. The van der Waals surface area contributed by atoms with Crippen LogP contribution in [0.1, 0.15) is 17.5 Å². The van der Waals surface area contributed by atoms with Crippen molar-refractivity contribution in [3.63, 3.8) is 0 Å². The van der Waals surface area contributed by atoms with E-state index in [0.29, 0.717) is 5.69 Å². The number of aryl methyl sites for hydroxylation is 1. The van der Waals surface area contributed by atoms with Gasteiger partial charge in [0.1, 0.15) is 0 Å². The molecule has 3 aliphatic rings. The highest BCUT2D eigenvalue weighted by Crippen LogP contribution is 2.53. The Bertz CT molecular complexity index is 1090. The average Bonchev–Trinajstić information content (AvgIpc) is 3.42. The van der Waals surface area contributed by atoms with Crippen LogP contribution in [0.25, 0.3) is 6.08 Å². The van der Waals surface area contributed by atoms with E-state index >= 15 is 0 Å². The molecule has 0 aromatic heterocycles. The first-order valence-corrected chi connectivity index (χ1v) is 10.2. The van der Waals surface area contributed by atoms with Crippen molar-refractivity contribution in [2.75, 3.05) is 10.2 Å². The number of para-hydroxylation sites is 1. The van der Waals surface area contributed by atoms with Gasteiger partial charge in [-0.15, -0.1) is 0 Å². The van der Waals surface area contributed by atoms with Crippen LogP contribution in [0.15, 0.2) is 66.8 Å². The summed E-state index contributed by atoms with van der Waals surface area (Å²) in [4.78, 5) is 39.6. The Hall–Kier alpha value is -3.47. The van der Waals surface area contributed by atoms with Crippen LogP contribution in [-0.2, 0) is 14.4 Å². The summed E-state index contributed by atoms with van der Waals surface area (Å²) in [5, 5.41) is 2.86. The number of anilines is 2. The highest BCUT2D eigenvalue weighted by Gasteiger charge is 2.59. The normalized spacial score (nSPS) is 26.6. The molecule has 1 heterocycles. The summed E-state index contributed by atoms with van der Waals surface area (Å²) in [7, 11) is 0. The Kier molecular flexibility index (Phi) is 4.39. The molecule has 150 valence electrons. The molecule has 2 aromatic rings. The summed E-state index contributed by atoms with van der Waals surface area (Å²) >= 11 is 0. The summed E-state index contributed by atoms with van der Waals surface area (Å²) in [6, 6.07) is 14.8. The fourth-order valence-electron chi connectivity index (χ4n) is 4.98. The smallest absolute Gasteiger partial charge is 0.248 e. The van der Waals surface area contributed by atoms with Crippen LogP contribution in [0.4, 0.5) is 11.4 Å². The van der Waals surface area contributed by atoms with Crippen molar-refractivity contribution in [1.82, 2.24) is 0 Å². The Morgan fingerprint density at radius 3 is 2.40 bits per heavy atom. The van der Waals surface area contributed by atoms with Crippen molar-refractivity contribution in [2.45, 2.75) is 13.3 Å². The summed E-state index contributed by atoms with van der Waals surface area (Å²) in [5.74, 6) is -0.483. The maximum atomic E-state index is 13.0. The predicted molar refractivity (Wildman–Crippen MR) is 115 cm³/mol. The molecule has 30 heavy (non-hydrogen) atoms. The first-order valence-electron chi connectivity index (χ1n) is 10.2. The molecule has 1 aliphatic heterocycles. The summed E-state index contributed by atoms with van der Waals surface area (Å²) in [6.45, 7) is 1.93. The van der Waals surface area contributed by atoms with E-state index < -0.39 is 0 Å². The molecule has 5 nitrogen and oxygen atoms in total. The van der Waals surface area contributed by atoms with E-state index in [4.69, 9.17) is 0 Å². The third-order valence-electron chi connectivity index (χ3n) is 6.43. The van der Waals surface area contributed by atoms with Crippen molar-refractivity contribution in [1.29, 1.82) is 0 Å². The Balaban J connectivity index is 1.33. The monoisotopic (exact) mass is 398 g/mol. The number of allylic oxidation sites excluding steroid dienone is 2. The zero-order chi connectivity index (χ0) is 20.8. The molecule has 5 heteroatoms. The van der Waals surface area contributed by atoms with Crippen molar-refractivity contribution in [2.24, 2.45) is 23.7 Å². The van der Waals surface area contributed by atoms with E-state index in [1.165, 1.54) is 11.0 Å². The quantitative estimate of drug-likeness (QED) is 0.482. The highest BCUT2D eigenvalue weighted by molar-refractivity contribution is 6.22. The average molecular weight is 398 g/mol. The number of imide groups is 1. The predicted octanol–water partition coefficient (Wildman–Crippen LogP) is 3.96. The highest BCUT2D eigenvalue weighted by atomic mass is 16.2. The van der Waals surface area contributed by atoms with Gasteiger partial charge in [0.05, 0.1) is 17.5 Å². The number of nitrogens with zero attached hydrogens (tertiary/aromatic N) is 1. The Labute approximate surface area is 175 Å². The van der Waals surface area contributed by atoms with Crippen molar-refractivity contribution in [3.8, 4) is 0 Å². The van der Waals surface area contributed by atoms with Gasteiger partial charge in [-0.3, -0.25) is 14.4 Å². The van der Waals surface area contributed by atoms with Crippen LogP contribution in [0.2, 0.25) is 0 Å². The number of rotatable bonds is 4. The van der Waals surface area contributed by atoms with Crippen molar-refractivity contribution >= 4 is 35.2 Å². The number of carbonyl (C=O) groups excluding carboxylic acids is 3. The molecule has 1 saturated heterocycles. The van der Waals surface area contributed by atoms with Gasteiger partial charge in [0.15, 0.2) is 0 Å². The van der Waals surface area contributed by atoms with Gasteiger partial charge in [0.25, 0.3) is 0 Å². The minimum absolute atomic E-state index is 0.0970. The topological polar surface area (TPSA) is 66.5 Å². The van der Waals surface area contributed by atoms with Gasteiger partial charge in [0.2, 0.25) is 17.7 Å². The Morgan fingerprint density at radius 1 is 1.00 bits per heavy atom. The van der Waals surface area contributed by atoms with Gasteiger partial charge in [-0.2, -0.15) is 0 Å². The van der Waals surface area contributed by atoms with Gasteiger partial charge in [-0.05, 0) is 60.6 Å². The maximum Gasteiger partial charge on any atom is 0.248 e. The fraction of sp³-hybridized carbons (Fsp3) is 0.240. The van der Waals surface area contributed by atoms with E-state index in [9.17, 15) is 14.4 Å². The van der Waals surface area contributed by atoms with Crippen molar-refractivity contribution < 1.29 is 14.4 Å². The largest absolute Gasteiger partial charge is 0.322 e. The number of hydrogen-bond acceptors (Lipinski definition) is 3. The molecule has 5 rings (SSSR count). The minimum atomic E-state index is -0.236. The molecule has 0 radical (unpaired) electrons. The van der Waals surface area contributed by atoms with Gasteiger partial charge >= 0.3 is 0 Å². The number of benzene rings is 2. The van der Waals surface area contributed by atoms with Crippen molar-refractivity contribution in [3.05, 3.63) is 77.9 Å². The second-order valence-corrected chi connectivity index (χ2v) is 8.24. The van der Waals surface area contributed by atoms with Crippen LogP contribution in [0.3, 0.4) is 0 Å². The summed E-state index contributed by atoms with van der Waals surface area (Å²) in [6.07, 6.45) is 8.24. The lowest BCUT2D eigenvalue weighted by Gasteiger charge is -2.17. The first kappa shape index (κ1) is 18.6. The molecule has 4 atom stereocenters. The second-order valence-electron chi connectivity index (χ2n) is 8.24. The molecule has 2 fully saturated rings. The van der Waals surface area contributed by atoms with Crippen LogP contribution in [-0.4, -0.2) is 17.7 Å². The van der Waals surface area contributed by atoms with E-state index in [0.717, 1.165) is 23.2 Å². The lowest BCUT2D eigenvalue weighted by Crippen LogP contribution is -2.32. The van der Waals surface area contributed by atoms with Gasteiger partial charge in [0, 0.05) is 11.8 Å². The van der Waals surface area contributed by atoms with Gasteiger partial charge in [-0.1, -0.05) is 42.5 Å². The van der Waals surface area contributed by atoms with Crippen LogP contribution < -0.4 is 10.2 Å². The number of carbonyl (C=O) groups is 3. The fourth-order valence-corrected chi connectivity index (χ4v) is 4.98. The van der Waals surface area contributed by atoms with E-state index in [1.54, 1.807) is 24.3 Å². The van der Waals surface area contributed by atoms with Gasteiger partial charge < -0.3 is 5.32 Å². The number of nitrogens with one attached hydrogen (secondary N) is 1. The second kappa shape index (κ2) is 7.10. The van der Waals surface area contributed by atoms with E-state index in [-0.39, 0.29) is 41.4 Å². The summed E-state index contributed by atoms with van der Waals surface area (Å²) in [5.41, 5.74) is 3.08. The minimum Gasteiger partial charge on any atom is -0.322 e. The zero-order valence-electron chi connectivity index (χ0n) is 16.6. The molecule has 0 spiro atoms. The Morgan fingerprint density at radius 2 is 1.70 bits per heavy atom. The maximum absolute atomic E-state index is 13.0. The molecule has 1 saturated carbocycles. The number of hydrogen-bond donors (Lipinski definition) is 1. The van der Waals surface area contributed by atoms with Crippen LogP contribution in [0.5, 0.6) is 0 Å². The third-order valence-corrected chi connectivity index (χ3v) is 6.43. The van der Waals surface area contributed by atoms with Crippen LogP contribution in [0, 0.1) is 30.6 Å². The zero-order valence-corrected chi connectivity index (χ0v) is 16.6. The molecule has 2 bridgehead atoms. The van der Waals surface area contributed by atoms with Crippen LogP contribution >= 0.6 is 0 Å². The molecule has 3 amide bonds. The molecule has 1 N–H and O–H groups in total. The molecular formula is C25H22N2O3. The third kappa shape index (κ3) is 2.98. The summed E-state index contributed by atoms with van der Waals surface area (Å²) < 4.78 is 0. The lowest BCUT2D eigenvalue weighted by atomic mass is 9.85. The van der Waals surface area contributed by atoms with Gasteiger partial charge in [-0.25, -0.2) is 4.90 Å². The standard InChI is InChI=1S/C25H22N2O3/c1-15-5-2-3-8-20(15)26-21(28)12-9-16-6-4-7-19(13-16)27-24(29)22-17-10-11-18(14-17)23(22)25(27)30/h2-13,17-18,22-23H,14H2,1H3,(H,26,28)/b12-9-/t17-,18-,22+,23+/m0/s1. The molecule has 2 aromatic carbocycles. The number of amides is 3. The van der Waals surface area contributed by atoms with E-state index in [2.05, 4.69) is 17.5 Å². The molecular weight excluding hydrogens is 376 g/mol. The lowest BCUT2D eigenvalue weighted by molar-refractivity contribution is -0.123. The number of fused-ring (bicyclic) bond motifs is 5. The first-order chi connectivity index (χ1) is 14.5. The van der Waals surface area contributed by atoms with E-state index in [1.807, 2.05) is 37.3 Å². The molecule has 2 aliphatic carbocycles. The molecule has 0 unspecified atom stereocenters.